The third-order valence-corrected chi connectivity index (χ3v) is 5.55. The van der Waals surface area contributed by atoms with Crippen molar-refractivity contribution in [2.24, 2.45) is 0 Å². The number of nitrogens with zero attached hydrogens (tertiary/aromatic N) is 5. The van der Waals surface area contributed by atoms with Crippen LogP contribution in [0, 0.1) is 22.7 Å². The second-order valence-corrected chi connectivity index (χ2v) is 7.80. The number of hydrogen-bond donors (Lipinski definition) is 0. The third-order valence-electron chi connectivity index (χ3n) is 5.55. The Labute approximate surface area is 198 Å². The van der Waals surface area contributed by atoms with E-state index in [0.717, 1.165) is 24.2 Å². The predicted octanol–water partition coefficient (Wildman–Crippen LogP) is 4.11. The molecule has 1 aliphatic heterocycles. The number of alkyl halides is 3. The van der Waals surface area contributed by atoms with Crippen molar-refractivity contribution in [3.8, 4) is 29.3 Å². The molecule has 11 heteroatoms. The third kappa shape index (κ3) is 4.49. The first kappa shape index (κ1) is 23.6. The van der Waals surface area contributed by atoms with Gasteiger partial charge in [-0.25, -0.2) is 4.68 Å². The van der Waals surface area contributed by atoms with Crippen LogP contribution in [0.1, 0.15) is 39.7 Å². The maximum atomic E-state index is 13.4. The molecular formula is C24H18F3N5O3. The number of ether oxygens (including phenoxy) is 2. The number of amides is 1. The lowest BCUT2D eigenvalue weighted by Gasteiger charge is -2.23. The van der Waals surface area contributed by atoms with Crippen LogP contribution in [0.3, 0.4) is 0 Å². The van der Waals surface area contributed by atoms with Gasteiger partial charge in [0.15, 0.2) is 11.9 Å². The average Bonchev–Trinajstić information content (AvgIpc) is 3.42. The normalized spacial score (nSPS) is 13.5. The molecule has 1 atom stereocenters. The van der Waals surface area contributed by atoms with E-state index in [-0.39, 0.29) is 35.7 Å². The molecule has 4 rings (SSSR count). The zero-order chi connectivity index (χ0) is 25.3. The van der Waals surface area contributed by atoms with Crippen LogP contribution in [0.4, 0.5) is 13.2 Å². The quantitative estimate of drug-likeness (QED) is 0.543. The van der Waals surface area contributed by atoms with Crippen LogP contribution in [0.5, 0.6) is 11.5 Å². The van der Waals surface area contributed by atoms with E-state index in [1.807, 2.05) is 12.1 Å². The molecule has 1 amide bonds. The van der Waals surface area contributed by atoms with Gasteiger partial charge in [0, 0.05) is 18.3 Å². The molecule has 3 aromatic rings. The number of halogens is 3. The zero-order valence-corrected chi connectivity index (χ0v) is 18.6. The van der Waals surface area contributed by atoms with Gasteiger partial charge in [-0.1, -0.05) is 0 Å². The summed E-state index contributed by atoms with van der Waals surface area (Å²) in [6.07, 6.45) is -5.09. The molecule has 35 heavy (non-hydrogen) atoms. The molecule has 1 aromatic heterocycles. The number of carbonyl (C=O) groups is 1. The van der Waals surface area contributed by atoms with Crippen LogP contribution >= 0.6 is 0 Å². The minimum atomic E-state index is -4.65. The van der Waals surface area contributed by atoms with Gasteiger partial charge in [-0.15, -0.1) is 0 Å². The van der Waals surface area contributed by atoms with E-state index in [1.165, 1.54) is 18.1 Å². The number of nitriles is 2. The summed E-state index contributed by atoms with van der Waals surface area (Å²) < 4.78 is 51.3. The summed E-state index contributed by atoms with van der Waals surface area (Å²) in [5.74, 6) is -1.13. The second kappa shape index (κ2) is 9.03. The van der Waals surface area contributed by atoms with Gasteiger partial charge in [0.2, 0.25) is 0 Å². The molecule has 0 saturated carbocycles. The van der Waals surface area contributed by atoms with Crippen molar-refractivity contribution in [2.75, 3.05) is 7.11 Å². The molecule has 0 fully saturated rings. The molecule has 1 unspecified atom stereocenters. The largest absolute Gasteiger partial charge is 0.494 e. The van der Waals surface area contributed by atoms with Crippen LogP contribution in [0.25, 0.3) is 5.69 Å². The number of hydrogen-bond acceptors (Lipinski definition) is 6. The Hall–Kier alpha value is -4.51. The fourth-order valence-corrected chi connectivity index (χ4v) is 3.70. The van der Waals surface area contributed by atoms with E-state index < -0.39 is 18.2 Å². The maximum Gasteiger partial charge on any atom is 0.425 e. The fraction of sp³-hybridized carbons (Fsp3) is 0.250. The van der Waals surface area contributed by atoms with Crippen molar-refractivity contribution in [1.82, 2.24) is 14.7 Å². The van der Waals surface area contributed by atoms with Gasteiger partial charge >= 0.3 is 6.18 Å². The molecule has 0 radical (unpaired) electrons. The highest BCUT2D eigenvalue weighted by Crippen LogP contribution is 2.37. The van der Waals surface area contributed by atoms with Crippen LogP contribution < -0.4 is 9.47 Å². The fourth-order valence-electron chi connectivity index (χ4n) is 3.70. The van der Waals surface area contributed by atoms with Gasteiger partial charge in [-0.2, -0.15) is 28.8 Å². The van der Waals surface area contributed by atoms with E-state index >= 15 is 0 Å². The Balaban J connectivity index is 1.63. The number of rotatable bonds is 5. The lowest BCUT2D eigenvalue weighted by Crippen LogP contribution is -2.33. The van der Waals surface area contributed by atoms with Gasteiger partial charge < -0.3 is 14.4 Å². The molecular weight excluding hydrogens is 463 g/mol. The van der Waals surface area contributed by atoms with Gasteiger partial charge in [0.1, 0.15) is 17.4 Å². The second-order valence-electron chi connectivity index (χ2n) is 7.80. The molecule has 0 N–H and O–H groups in total. The summed E-state index contributed by atoms with van der Waals surface area (Å²) in [5, 5.41) is 22.8. The molecule has 2 heterocycles. The Morgan fingerprint density at radius 1 is 1.11 bits per heavy atom. The lowest BCUT2D eigenvalue weighted by atomic mass is 10.1. The highest BCUT2D eigenvalue weighted by Gasteiger charge is 2.40. The smallest absolute Gasteiger partial charge is 0.425 e. The first-order valence-electron chi connectivity index (χ1n) is 10.4. The minimum Gasteiger partial charge on any atom is -0.494 e. The average molecular weight is 481 g/mol. The highest BCUT2D eigenvalue weighted by molar-refractivity contribution is 6.00. The Morgan fingerprint density at radius 2 is 1.83 bits per heavy atom. The van der Waals surface area contributed by atoms with Crippen molar-refractivity contribution >= 4 is 5.91 Å². The molecule has 2 aromatic carbocycles. The Kier molecular flexibility index (Phi) is 6.10. The summed E-state index contributed by atoms with van der Waals surface area (Å²) in [4.78, 5) is 14.8. The topological polar surface area (TPSA) is 104 Å². The molecule has 0 aliphatic carbocycles. The molecule has 0 bridgehead atoms. The number of fused-ring (bicyclic) bond motifs is 1. The van der Waals surface area contributed by atoms with E-state index in [0.29, 0.717) is 11.3 Å². The van der Waals surface area contributed by atoms with E-state index in [1.54, 1.807) is 35.1 Å². The lowest BCUT2D eigenvalue weighted by molar-refractivity contribution is -0.189. The van der Waals surface area contributed by atoms with E-state index in [2.05, 4.69) is 5.10 Å². The molecule has 0 spiro atoms. The van der Waals surface area contributed by atoms with Crippen LogP contribution in [0.15, 0.2) is 42.6 Å². The van der Waals surface area contributed by atoms with Gasteiger partial charge in [-0.05, 0) is 43.3 Å². The summed E-state index contributed by atoms with van der Waals surface area (Å²) in [7, 11) is 1.23. The molecule has 0 saturated heterocycles. The van der Waals surface area contributed by atoms with Crippen LogP contribution in [0.2, 0.25) is 0 Å². The first-order valence-corrected chi connectivity index (χ1v) is 10.4. The van der Waals surface area contributed by atoms with Crippen molar-refractivity contribution in [3.05, 3.63) is 70.5 Å². The number of carbonyl (C=O) groups excluding carboxylic acids is 1. The van der Waals surface area contributed by atoms with E-state index in [4.69, 9.17) is 14.7 Å². The summed E-state index contributed by atoms with van der Waals surface area (Å²) in [5.41, 5.74) is 2.35. The standard InChI is InChI=1S/C24H18F3N5O3/c1-14(24(25,26)27)35-20-8-5-16(10-29)22(34-2)21(20)23(33)31-11-17-12-32(30-19(17)13-31)18-6-3-15(9-28)4-7-18/h3-8,12,14H,11,13H2,1-2H3. The minimum absolute atomic E-state index is 0.00852. The Bertz CT molecular complexity index is 1340. The number of benzene rings is 2. The van der Waals surface area contributed by atoms with Crippen molar-refractivity contribution in [1.29, 1.82) is 10.5 Å². The first-order chi connectivity index (χ1) is 16.7. The van der Waals surface area contributed by atoms with Crippen molar-refractivity contribution < 1.29 is 27.4 Å². The molecule has 8 nitrogen and oxygen atoms in total. The van der Waals surface area contributed by atoms with E-state index in [9.17, 15) is 23.2 Å². The monoisotopic (exact) mass is 481 g/mol. The number of aromatic nitrogens is 2. The maximum absolute atomic E-state index is 13.4. The van der Waals surface area contributed by atoms with Crippen LogP contribution in [-0.2, 0) is 13.1 Å². The summed E-state index contributed by atoms with van der Waals surface area (Å²) >= 11 is 0. The van der Waals surface area contributed by atoms with Crippen molar-refractivity contribution in [3.63, 3.8) is 0 Å². The summed E-state index contributed by atoms with van der Waals surface area (Å²) in [6.45, 7) is 1.08. The SMILES string of the molecule is COc1c(C#N)ccc(OC(C)C(F)(F)F)c1C(=O)N1Cc2cn(-c3ccc(C#N)cc3)nc2C1. The van der Waals surface area contributed by atoms with Crippen molar-refractivity contribution in [2.45, 2.75) is 32.3 Å². The van der Waals surface area contributed by atoms with Gasteiger partial charge in [-0.3, -0.25) is 4.79 Å². The van der Waals surface area contributed by atoms with Gasteiger partial charge in [0.05, 0.1) is 42.2 Å². The predicted molar refractivity (Wildman–Crippen MR) is 116 cm³/mol. The van der Waals surface area contributed by atoms with Crippen LogP contribution in [-0.4, -0.2) is 40.0 Å². The Morgan fingerprint density at radius 3 is 2.40 bits per heavy atom. The van der Waals surface area contributed by atoms with Gasteiger partial charge in [0.25, 0.3) is 5.91 Å². The summed E-state index contributed by atoms with van der Waals surface area (Å²) in [6, 6.07) is 13.1. The highest BCUT2D eigenvalue weighted by atomic mass is 19.4. The molecule has 178 valence electrons. The zero-order valence-electron chi connectivity index (χ0n) is 18.6. The number of methoxy groups -OCH3 is 1. The molecule has 1 aliphatic rings.